The third-order valence-corrected chi connectivity index (χ3v) is 5.89. The Labute approximate surface area is 169 Å². The van der Waals surface area contributed by atoms with Crippen molar-refractivity contribution in [3.63, 3.8) is 0 Å². The lowest BCUT2D eigenvalue weighted by Gasteiger charge is -2.23. The van der Waals surface area contributed by atoms with Gasteiger partial charge in [0.2, 0.25) is 5.91 Å². The van der Waals surface area contributed by atoms with Crippen molar-refractivity contribution in [2.24, 2.45) is 5.92 Å². The molecule has 0 radical (unpaired) electrons. The highest BCUT2D eigenvalue weighted by Gasteiger charge is 2.36. The number of amides is 2. The van der Waals surface area contributed by atoms with Gasteiger partial charge < -0.3 is 14.8 Å². The molecular formula is C21H26FN3O2S. The number of halogens is 1. The number of nitrogens with zero attached hydrogens (tertiary/aromatic N) is 2. The zero-order valence-corrected chi connectivity index (χ0v) is 17.5. The second-order valence-corrected chi connectivity index (χ2v) is 8.53. The average Bonchev–Trinajstić information content (AvgIpc) is 3.25. The molecule has 0 saturated carbocycles. The van der Waals surface area contributed by atoms with Gasteiger partial charge in [0.1, 0.15) is 11.9 Å². The lowest BCUT2D eigenvalue weighted by molar-refractivity contribution is -0.124. The topological polar surface area (TPSA) is 54.3 Å². The molecule has 1 aromatic heterocycles. The second-order valence-electron chi connectivity index (χ2n) is 7.53. The van der Waals surface area contributed by atoms with E-state index in [1.54, 1.807) is 28.8 Å². The average molecular weight is 404 g/mol. The van der Waals surface area contributed by atoms with Crippen molar-refractivity contribution in [1.29, 1.82) is 0 Å². The van der Waals surface area contributed by atoms with E-state index in [1.165, 1.54) is 12.1 Å². The SMILES string of the molecule is Cc1cc(C(=O)N2CSCC2C(=O)NCC(C)C)c(C)n1-c1ccc(F)cc1. The molecule has 1 aromatic carbocycles. The molecule has 1 atom stereocenters. The quantitative estimate of drug-likeness (QED) is 0.831. The van der Waals surface area contributed by atoms with Crippen LogP contribution in [-0.2, 0) is 4.79 Å². The predicted molar refractivity (Wildman–Crippen MR) is 110 cm³/mol. The first-order valence-electron chi connectivity index (χ1n) is 9.41. The third kappa shape index (κ3) is 4.09. The maximum Gasteiger partial charge on any atom is 0.257 e. The van der Waals surface area contributed by atoms with Crippen LogP contribution in [0.5, 0.6) is 0 Å². The molecule has 1 aliphatic heterocycles. The number of nitrogens with one attached hydrogen (secondary N) is 1. The van der Waals surface area contributed by atoms with E-state index in [2.05, 4.69) is 5.32 Å². The van der Waals surface area contributed by atoms with Crippen LogP contribution in [0.15, 0.2) is 30.3 Å². The molecule has 1 fully saturated rings. The minimum atomic E-state index is -0.454. The molecule has 1 saturated heterocycles. The maximum absolute atomic E-state index is 13.3. The van der Waals surface area contributed by atoms with Crippen LogP contribution in [0.3, 0.4) is 0 Å². The van der Waals surface area contributed by atoms with Gasteiger partial charge in [-0.05, 0) is 50.1 Å². The van der Waals surface area contributed by atoms with Crippen molar-refractivity contribution in [3.05, 3.63) is 53.1 Å². The minimum absolute atomic E-state index is 0.0978. The standard InChI is InChI=1S/C21H26FN3O2S/c1-13(2)10-23-20(26)19-11-28-12-24(19)21(27)18-9-14(3)25(15(18)4)17-7-5-16(22)6-8-17/h5-9,13,19H,10-12H2,1-4H3,(H,23,26). The molecule has 2 heterocycles. The van der Waals surface area contributed by atoms with Gasteiger partial charge >= 0.3 is 0 Å². The van der Waals surface area contributed by atoms with Crippen LogP contribution in [0.2, 0.25) is 0 Å². The zero-order valence-electron chi connectivity index (χ0n) is 16.7. The monoisotopic (exact) mass is 403 g/mol. The van der Waals surface area contributed by atoms with Crippen LogP contribution in [0.25, 0.3) is 5.69 Å². The molecule has 0 aliphatic carbocycles. The summed E-state index contributed by atoms with van der Waals surface area (Å²) in [5.74, 6) is 0.921. The maximum atomic E-state index is 13.3. The van der Waals surface area contributed by atoms with Gasteiger partial charge in [-0.1, -0.05) is 13.8 Å². The molecule has 3 rings (SSSR count). The highest BCUT2D eigenvalue weighted by Crippen LogP contribution is 2.27. The minimum Gasteiger partial charge on any atom is -0.354 e. The van der Waals surface area contributed by atoms with E-state index in [9.17, 15) is 14.0 Å². The van der Waals surface area contributed by atoms with Gasteiger partial charge in [0.05, 0.1) is 11.4 Å². The number of aromatic nitrogens is 1. The van der Waals surface area contributed by atoms with Crippen molar-refractivity contribution in [3.8, 4) is 5.69 Å². The smallest absolute Gasteiger partial charge is 0.257 e. The van der Waals surface area contributed by atoms with E-state index in [-0.39, 0.29) is 17.6 Å². The number of rotatable bonds is 5. The Morgan fingerprint density at radius 2 is 1.93 bits per heavy atom. The Hall–Kier alpha value is -2.28. The summed E-state index contributed by atoms with van der Waals surface area (Å²) in [4.78, 5) is 27.4. The normalized spacial score (nSPS) is 16.6. The predicted octanol–water partition coefficient (Wildman–Crippen LogP) is 3.52. The Balaban J connectivity index is 1.85. The number of carbonyl (C=O) groups excluding carboxylic acids is 2. The molecule has 1 aliphatic rings. The number of thioether (sulfide) groups is 1. The molecule has 1 unspecified atom stereocenters. The largest absolute Gasteiger partial charge is 0.354 e. The van der Waals surface area contributed by atoms with Crippen molar-refractivity contribution >= 4 is 23.6 Å². The number of hydrogen-bond donors (Lipinski definition) is 1. The van der Waals surface area contributed by atoms with Crippen LogP contribution >= 0.6 is 11.8 Å². The Bertz CT molecular complexity index is 877. The highest BCUT2D eigenvalue weighted by atomic mass is 32.2. The molecule has 2 amide bonds. The molecule has 28 heavy (non-hydrogen) atoms. The van der Waals surface area contributed by atoms with Gasteiger partial charge in [0.25, 0.3) is 5.91 Å². The molecular weight excluding hydrogens is 377 g/mol. The molecule has 1 N–H and O–H groups in total. The summed E-state index contributed by atoms with van der Waals surface area (Å²) in [6.45, 7) is 8.47. The Kier molecular flexibility index (Phi) is 6.13. The van der Waals surface area contributed by atoms with Gasteiger partial charge in [-0.15, -0.1) is 11.8 Å². The lowest BCUT2D eigenvalue weighted by Crippen LogP contribution is -2.48. The first kappa shape index (κ1) is 20.5. The van der Waals surface area contributed by atoms with E-state index in [0.29, 0.717) is 29.7 Å². The van der Waals surface area contributed by atoms with Crippen LogP contribution in [0.1, 0.15) is 35.6 Å². The highest BCUT2D eigenvalue weighted by molar-refractivity contribution is 7.99. The summed E-state index contributed by atoms with van der Waals surface area (Å²) in [7, 11) is 0. The summed E-state index contributed by atoms with van der Waals surface area (Å²) in [6.07, 6.45) is 0. The fourth-order valence-corrected chi connectivity index (χ4v) is 4.56. The molecule has 2 aromatic rings. The zero-order chi connectivity index (χ0) is 20.4. The van der Waals surface area contributed by atoms with Crippen LogP contribution in [0.4, 0.5) is 4.39 Å². The summed E-state index contributed by atoms with van der Waals surface area (Å²) >= 11 is 1.59. The Morgan fingerprint density at radius 1 is 1.25 bits per heavy atom. The fraction of sp³-hybridized carbons (Fsp3) is 0.429. The van der Waals surface area contributed by atoms with Crippen molar-refractivity contribution in [2.45, 2.75) is 33.7 Å². The summed E-state index contributed by atoms with van der Waals surface area (Å²) in [5.41, 5.74) is 3.05. The molecule has 5 nitrogen and oxygen atoms in total. The van der Waals surface area contributed by atoms with Gasteiger partial charge in [0.15, 0.2) is 0 Å². The second kappa shape index (κ2) is 8.39. The third-order valence-electron chi connectivity index (χ3n) is 4.88. The molecule has 150 valence electrons. The molecule has 7 heteroatoms. The van der Waals surface area contributed by atoms with Crippen molar-refractivity contribution in [1.82, 2.24) is 14.8 Å². The number of benzene rings is 1. The summed E-state index contributed by atoms with van der Waals surface area (Å²) in [5, 5.41) is 2.94. The van der Waals surface area contributed by atoms with E-state index in [1.807, 2.05) is 38.3 Å². The van der Waals surface area contributed by atoms with Gasteiger partial charge in [-0.2, -0.15) is 0 Å². The van der Waals surface area contributed by atoms with Crippen LogP contribution in [-0.4, -0.2) is 45.5 Å². The molecule has 0 bridgehead atoms. The van der Waals surface area contributed by atoms with Crippen molar-refractivity contribution < 1.29 is 14.0 Å². The number of aryl methyl sites for hydroxylation is 1. The first-order valence-corrected chi connectivity index (χ1v) is 10.6. The number of hydrogen-bond acceptors (Lipinski definition) is 3. The van der Waals surface area contributed by atoms with Crippen LogP contribution in [0, 0.1) is 25.6 Å². The number of carbonyl (C=O) groups is 2. The Morgan fingerprint density at radius 3 is 2.57 bits per heavy atom. The van der Waals surface area contributed by atoms with Crippen LogP contribution < -0.4 is 5.32 Å². The van der Waals surface area contributed by atoms with Crippen molar-refractivity contribution in [2.75, 3.05) is 18.2 Å². The van der Waals surface area contributed by atoms with Gasteiger partial charge in [0, 0.05) is 29.4 Å². The van der Waals surface area contributed by atoms with E-state index in [4.69, 9.17) is 0 Å². The fourth-order valence-electron chi connectivity index (χ4n) is 3.40. The van der Waals surface area contributed by atoms with E-state index < -0.39 is 6.04 Å². The molecule has 0 spiro atoms. The van der Waals surface area contributed by atoms with E-state index >= 15 is 0 Å². The first-order chi connectivity index (χ1) is 13.3. The summed E-state index contributed by atoms with van der Waals surface area (Å²) in [6, 6.07) is 7.58. The van der Waals surface area contributed by atoms with Gasteiger partial charge in [-0.3, -0.25) is 9.59 Å². The van der Waals surface area contributed by atoms with Gasteiger partial charge in [-0.25, -0.2) is 4.39 Å². The summed E-state index contributed by atoms with van der Waals surface area (Å²) < 4.78 is 15.2. The van der Waals surface area contributed by atoms with E-state index in [0.717, 1.165) is 17.1 Å². The lowest BCUT2D eigenvalue weighted by atomic mass is 10.1.